The molecule has 0 spiro atoms. The minimum atomic E-state index is -0.749. The molecule has 1 aliphatic heterocycles. The summed E-state index contributed by atoms with van der Waals surface area (Å²) in [7, 11) is 0. The molecule has 2 atom stereocenters. The predicted octanol–water partition coefficient (Wildman–Crippen LogP) is 4.39. The third-order valence-corrected chi connectivity index (χ3v) is 7.89. The summed E-state index contributed by atoms with van der Waals surface area (Å²) < 4.78 is 7.06. The third kappa shape index (κ3) is 6.42. The number of nitrogens with zero attached hydrogens (tertiary/aromatic N) is 3. The second-order valence-electron chi connectivity index (χ2n) is 10.9. The van der Waals surface area contributed by atoms with Gasteiger partial charge in [0.25, 0.3) is 5.56 Å². The van der Waals surface area contributed by atoms with Crippen LogP contribution in [0.25, 0.3) is 22.2 Å². The van der Waals surface area contributed by atoms with Gasteiger partial charge in [0.2, 0.25) is 11.8 Å². The highest BCUT2D eigenvalue weighted by Crippen LogP contribution is 2.29. The standard InChI is InChI=1S/C33H37N5O4/c1-21-17-29-31(18-22(21)2)38(32(40)19-34-29)23(3)33(41)36-30(20-37-13-15-42-16-14-37)26-11-9-25(10-12-26)27-7-5-6-8-28(27)35-24(4)39/h5-12,17-19,23,30H,13-16,20H2,1-4H3,(H,35,39)(H,36,41). The topological polar surface area (TPSA) is 106 Å². The Labute approximate surface area is 245 Å². The van der Waals surface area contributed by atoms with E-state index in [1.807, 2.05) is 74.5 Å². The van der Waals surface area contributed by atoms with E-state index < -0.39 is 6.04 Å². The van der Waals surface area contributed by atoms with E-state index >= 15 is 0 Å². The summed E-state index contributed by atoms with van der Waals surface area (Å²) in [4.78, 5) is 45.1. The van der Waals surface area contributed by atoms with E-state index in [1.54, 1.807) is 6.92 Å². The van der Waals surface area contributed by atoms with Crippen molar-refractivity contribution in [3.05, 3.63) is 93.9 Å². The van der Waals surface area contributed by atoms with Crippen molar-refractivity contribution < 1.29 is 14.3 Å². The highest BCUT2D eigenvalue weighted by molar-refractivity contribution is 5.94. The van der Waals surface area contributed by atoms with Gasteiger partial charge in [-0.15, -0.1) is 0 Å². The second-order valence-corrected chi connectivity index (χ2v) is 10.9. The number of rotatable bonds is 8. The molecular weight excluding hydrogens is 530 g/mol. The van der Waals surface area contributed by atoms with Crippen LogP contribution in [0.5, 0.6) is 0 Å². The summed E-state index contributed by atoms with van der Waals surface area (Å²) in [6.07, 6.45) is 1.28. The average Bonchev–Trinajstić information content (AvgIpc) is 2.98. The lowest BCUT2D eigenvalue weighted by Gasteiger charge is -2.32. The quantitative estimate of drug-likeness (QED) is 0.327. The molecule has 4 aromatic rings. The predicted molar refractivity (Wildman–Crippen MR) is 165 cm³/mol. The van der Waals surface area contributed by atoms with E-state index in [1.165, 1.54) is 17.7 Å². The maximum Gasteiger partial charge on any atom is 0.270 e. The van der Waals surface area contributed by atoms with Gasteiger partial charge >= 0.3 is 0 Å². The van der Waals surface area contributed by atoms with Gasteiger partial charge < -0.3 is 15.4 Å². The number of para-hydroxylation sites is 1. The normalized spacial score (nSPS) is 15.2. The summed E-state index contributed by atoms with van der Waals surface area (Å²) in [6, 6.07) is 18.5. The Bertz CT molecular complexity index is 1660. The Kier molecular flexibility index (Phi) is 8.80. The first kappa shape index (κ1) is 29.2. The van der Waals surface area contributed by atoms with Crippen LogP contribution in [0.2, 0.25) is 0 Å². The van der Waals surface area contributed by atoms with Gasteiger partial charge in [-0.25, -0.2) is 4.98 Å². The summed E-state index contributed by atoms with van der Waals surface area (Å²) in [5, 5.41) is 6.13. The summed E-state index contributed by atoms with van der Waals surface area (Å²) in [5.74, 6) is -0.381. The maximum absolute atomic E-state index is 13.8. The number of nitrogens with one attached hydrogen (secondary N) is 2. The summed E-state index contributed by atoms with van der Waals surface area (Å²) in [5.41, 5.74) is 6.65. The number of benzene rings is 3. The highest BCUT2D eigenvalue weighted by atomic mass is 16.5. The van der Waals surface area contributed by atoms with Crippen molar-refractivity contribution in [1.29, 1.82) is 0 Å². The minimum Gasteiger partial charge on any atom is -0.379 e. The van der Waals surface area contributed by atoms with Gasteiger partial charge in [-0.1, -0.05) is 42.5 Å². The Morgan fingerprint density at radius 1 is 1.00 bits per heavy atom. The fraction of sp³-hybridized carbons (Fsp3) is 0.333. The van der Waals surface area contributed by atoms with E-state index in [0.717, 1.165) is 46.6 Å². The van der Waals surface area contributed by atoms with Crippen molar-refractivity contribution in [3.63, 3.8) is 0 Å². The van der Waals surface area contributed by atoms with Crippen molar-refractivity contribution in [2.24, 2.45) is 0 Å². The van der Waals surface area contributed by atoms with Gasteiger partial charge in [0.1, 0.15) is 6.04 Å². The lowest BCUT2D eigenvalue weighted by atomic mass is 9.98. The molecule has 0 bridgehead atoms. The maximum atomic E-state index is 13.8. The molecular formula is C33H37N5O4. The molecule has 0 saturated carbocycles. The van der Waals surface area contributed by atoms with Crippen molar-refractivity contribution in [1.82, 2.24) is 19.8 Å². The first-order valence-electron chi connectivity index (χ1n) is 14.3. The van der Waals surface area contributed by atoms with Gasteiger partial charge in [-0.2, -0.15) is 0 Å². The highest BCUT2D eigenvalue weighted by Gasteiger charge is 2.25. The molecule has 42 heavy (non-hydrogen) atoms. The number of anilines is 1. The smallest absolute Gasteiger partial charge is 0.270 e. The molecule has 3 aromatic carbocycles. The van der Waals surface area contributed by atoms with Crippen LogP contribution < -0.4 is 16.2 Å². The van der Waals surface area contributed by atoms with Crippen LogP contribution in [0, 0.1) is 13.8 Å². The third-order valence-electron chi connectivity index (χ3n) is 7.89. The van der Waals surface area contributed by atoms with Crippen molar-refractivity contribution in [2.45, 2.75) is 39.8 Å². The number of carbonyl (C=O) groups excluding carboxylic acids is 2. The number of fused-ring (bicyclic) bond motifs is 1. The van der Waals surface area contributed by atoms with Crippen LogP contribution in [-0.4, -0.2) is 59.1 Å². The summed E-state index contributed by atoms with van der Waals surface area (Å²) >= 11 is 0. The summed E-state index contributed by atoms with van der Waals surface area (Å²) in [6.45, 7) is 10.7. The molecule has 218 valence electrons. The SMILES string of the molecule is CC(=O)Nc1ccccc1-c1ccc(C(CN2CCOCC2)NC(=O)C(C)n2c(=O)cnc3cc(C)c(C)cc32)cc1. The molecule has 1 aromatic heterocycles. The lowest BCUT2D eigenvalue weighted by Crippen LogP contribution is -2.45. The van der Waals surface area contributed by atoms with Gasteiger partial charge in [0, 0.05) is 37.8 Å². The molecule has 1 aliphatic rings. The van der Waals surface area contributed by atoms with Crippen LogP contribution in [0.15, 0.2) is 71.7 Å². The monoisotopic (exact) mass is 567 g/mol. The largest absolute Gasteiger partial charge is 0.379 e. The molecule has 0 radical (unpaired) electrons. The average molecular weight is 568 g/mol. The molecule has 1 saturated heterocycles. The van der Waals surface area contributed by atoms with E-state index in [-0.39, 0.29) is 23.4 Å². The molecule has 2 amide bonds. The van der Waals surface area contributed by atoms with Crippen LogP contribution in [0.1, 0.15) is 42.6 Å². The number of hydrogen-bond donors (Lipinski definition) is 2. The molecule has 9 heteroatoms. The second kappa shape index (κ2) is 12.7. The first-order chi connectivity index (χ1) is 20.2. The number of aryl methyl sites for hydroxylation is 2. The Morgan fingerprint density at radius 2 is 1.69 bits per heavy atom. The molecule has 2 unspecified atom stereocenters. The molecule has 9 nitrogen and oxygen atoms in total. The van der Waals surface area contributed by atoms with Gasteiger partial charge in [0.05, 0.1) is 36.5 Å². The van der Waals surface area contributed by atoms with E-state index in [9.17, 15) is 14.4 Å². The van der Waals surface area contributed by atoms with E-state index in [0.29, 0.717) is 30.8 Å². The first-order valence-corrected chi connectivity index (χ1v) is 14.3. The Balaban J connectivity index is 1.44. The van der Waals surface area contributed by atoms with Crippen LogP contribution in [0.3, 0.4) is 0 Å². The molecule has 5 rings (SSSR count). The Hall–Kier alpha value is -4.34. The van der Waals surface area contributed by atoms with E-state index in [2.05, 4.69) is 20.5 Å². The zero-order valence-corrected chi connectivity index (χ0v) is 24.5. The number of morpholine rings is 1. The zero-order chi connectivity index (χ0) is 29.8. The van der Waals surface area contributed by atoms with Gasteiger partial charge in [-0.3, -0.25) is 23.9 Å². The molecule has 2 heterocycles. The van der Waals surface area contributed by atoms with Gasteiger partial charge in [-0.05, 0) is 61.2 Å². The van der Waals surface area contributed by atoms with Crippen molar-refractivity contribution in [3.8, 4) is 11.1 Å². The minimum absolute atomic E-state index is 0.132. The number of hydrogen-bond acceptors (Lipinski definition) is 6. The van der Waals surface area contributed by atoms with Crippen molar-refractivity contribution in [2.75, 3.05) is 38.2 Å². The van der Waals surface area contributed by atoms with Gasteiger partial charge in [0.15, 0.2) is 0 Å². The Morgan fingerprint density at radius 3 is 2.40 bits per heavy atom. The lowest BCUT2D eigenvalue weighted by molar-refractivity contribution is -0.124. The molecule has 1 fully saturated rings. The van der Waals surface area contributed by atoms with Crippen LogP contribution >= 0.6 is 0 Å². The van der Waals surface area contributed by atoms with E-state index in [4.69, 9.17) is 4.74 Å². The molecule has 2 N–H and O–H groups in total. The van der Waals surface area contributed by atoms with Crippen molar-refractivity contribution >= 4 is 28.5 Å². The number of amides is 2. The number of aromatic nitrogens is 2. The molecule has 0 aliphatic carbocycles. The number of carbonyl (C=O) groups is 2. The fourth-order valence-electron chi connectivity index (χ4n) is 5.40. The number of ether oxygens (including phenoxy) is 1. The van der Waals surface area contributed by atoms with Crippen LogP contribution in [0.4, 0.5) is 5.69 Å². The van der Waals surface area contributed by atoms with Crippen LogP contribution in [-0.2, 0) is 14.3 Å². The zero-order valence-electron chi connectivity index (χ0n) is 24.5. The fourth-order valence-corrected chi connectivity index (χ4v) is 5.40.